The van der Waals surface area contributed by atoms with Gasteiger partial charge in [0.15, 0.2) is 0 Å². The normalized spacial score (nSPS) is 16.5. The number of aryl methyl sites for hydroxylation is 1. The lowest BCUT2D eigenvalue weighted by Gasteiger charge is -2.26. The number of aromatic nitrogens is 2. The highest BCUT2D eigenvalue weighted by molar-refractivity contribution is 6.39. The lowest BCUT2D eigenvalue weighted by Crippen LogP contribution is -2.54. The summed E-state index contributed by atoms with van der Waals surface area (Å²) < 4.78 is 2.09. The summed E-state index contributed by atoms with van der Waals surface area (Å²) in [6.07, 6.45) is 4.49. The predicted octanol–water partition coefficient (Wildman–Crippen LogP) is 2.19. The molecule has 0 bridgehead atoms. The van der Waals surface area contributed by atoms with Gasteiger partial charge in [0.1, 0.15) is 5.57 Å². The molecule has 2 aromatic rings. The van der Waals surface area contributed by atoms with Crippen LogP contribution in [0, 0.1) is 13.8 Å². The number of pyridine rings is 1. The van der Waals surface area contributed by atoms with E-state index in [1.165, 1.54) is 30.6 Å². The molecule has 1 aliphatic heterocycles. The second-order valence-electron chi connectivity index (χ2n) is 5.73. The second kappa shape index (κ2) is 6.35. The Balaban J connectivity index is 2.05. The first kappa shape index (κ1) is 16.6. The molecule has 1 aliphatic rings. The summed E-state index contributed by atoms with van der Waals surface area (Å²) in [4.78, 5) is 41.9. The van der Waals surface area contributed by atoms with Gasteiger partial charge in [-0.2, -0.15) is 0 Å². The summed E-state index contributed by atoms with van der Waals surface area (Å²) in [7, 11) is 0. The standard InChI is InChI=1S/C18H18N4O3/c1-4-21-11(2)9-13(12(21)3)10-15-16(23)20-18(25)22(17(15)24)14-5-7-19-8-6-14/h5-10H,4H2,1-3H3,(H,20,23,25)/b15-10+. The molecular weight excluding hydrogens is 320 g/mol. The van der Waals surface area contributed by atoms with E-state index in [0.29, 0.717) is 5.69 Å². The van der Waals surface area contributed by atoms with E-state index in [1.54, 1.807) is 0 Å². The van der Waals surface area contributed by atoms with Gasteiger partial charge in [-0.1, -0.05) is 0 Å². The van der Waals surface area contributed by atoms with Crippen molar-refractivity contribution in [3.05, 3.63) is 53.1 Å². The number of hydrogen-bond acceptors (Lipinski definition) is 4. The Morgan fingerprint density at radius 3 is 2.44 bits per heavy atom. The van der Waals surface area contributed by atoms with Crippen LogP contribution in [0.15, 0.2) is 36.2 Å². The van der Waals surface area contributed by atoms with Crippen molar-refractivity contribution in [2.24, 2.45) is 0 Å². The van der Waals surface area contributed by atoms with Crippen LogP contribution in [-0.2, 0) is 16.1 Å². The molecular formula is C18H18N4O3. The molecule has 2 aromatic heterocycles. The number of hydrogen-bond donors (Lipinski definition) is 1. The van der Waals surface area contributed by atoms with E-state index >= 15 is 0 Å². The van der Waals surface area contributed by atoms with E-state index in [9.17, 15) is 14.4 Å². The van der Waals surface area contributed by atoms with Crippen LogP contribution in [0.5, 0.6) is 0 Å². The third-order valence-electron chi connectivity index (χ3n) is 4.25. The molecule has 7 nitrogen and oxygen atoms in total. The Morgan fingerprint density at radius 2 is 1.84 bits per heavy atom. The van der Waals surface area contributed by atoms with Crippen LogP contribution in [0.4, 0.5) is 10.5 Å². The quantitative estimate of drug-likeness (QED) is 0.687. The van der Waals surface area contributed by atoms with Crippen LogP contribution in [0.1, 0.15) is 23.9 Å². The molecule has 0 spiro atoms. The predicted molar refractivity (Wildman–Crippen MR) is 92.8 cm³/mol. The number of amides is 4. The van der Waals surface area contributed by atoms with Crippen molar-refractivity contribution in [1.82, 2.24) is 14.9 Å². The zero-order valence-corrected chi connectivity index (χ0v) is 14.2. The maximum Gasteiger partial charge on any atom is 0.335 e. The zero-order valence-electron chi connectivity index (χ0n) is 14.2. The smallest absolute Gasteiger partial charge is 0.335 e. The van der Waals surface area contributed by atoms with Crippen molar-refractivity contribution in [2.45, 2.75) is 27.3 Å². The molecule has 0 saturated carbocycles. The first-order valence-electron chi connectivity index (χ1n) is 7.92. The van der Waals surface area contributed by atoms with Gasteiger partial charge in [0.2, 0.25) is 0 Å². The highest BCUT2D eigenvalue weighted by Gasteiger charge is 2.36. The lowest BCUT2D eigenvalue weighted by atomic mass is 10.1. The second-order valence-corrected chi connectivity index (χ2v) is 5.73. The van der Waals surface area contributed by atoms with Gasteiger partial charge in [-0.05, 0) is 50.6 Å². The molecule has 0 aliphatic carbocycles. The van der Waals surface area contributed by atoms with Crippen molar-refractivity contribution < 1.29 is 14.4 Å². The number of urea groups is 1. The van der Waals surface area contributed by atoms with Crippen LogP contribution in [0.2, 0.25) is 0 Å². The first-order valence-corrected chi connectivity index (χ1v) is 7.92. The number of anilines is 1. The van der Waals surface area contributed by atoms with E-state index in [4.69, 9.17) is 0 Å². The molecule has 0 atom stereocenters. The summed E-state index contributed by atoms with van der Waals surface area (Å²) in [6, 6.07) is 4.22. The first-order chi connectivity index (χ1) is 11.9. The Labute approximate surface area is 145 Å². The maximum absolute atomic E-state index is 12.8. The van der Waals surface area contributed by atoms with E-state index < -0.39 is 17.8 Å². The minimum Gasteiger partial charge on any atom is -0.349 e. The molecule has 0 aromatic carbocycles. The highest BCUT2D eigenvalue weighted by atomic mass is 16.2. The van der Waals surface area contributed by atoms with Crippen LogP contribution in [0.25, 0.3) is 6.08 Å². The molecule has 7 heteroatoms. The number of carbonyl (C=O) groups excluding carboxylic acids is 3. The fourth-order valence-corrected chi connectivity index (χ4v) is 3.00. The molecule has 25 heavy (non-hydrogen) atoms. The van der Waals surface area contributed by atoms with Gasteiger partial charge in [0.05, 0.1) is 5.69 Å². The minimum atomic E-state index is -0.766. The number of imide groups is 2. The molecule has 1 fully saturated rings. The number of carbonyl (C=O) groups is 3. The summed E-state index contributed by atoms with van der Waals surface area (Å²) in [5.74, 6) is -1.34. The van der Waals surface area contributed by atoms with Gasteiger partial charge in [-0.15, -0.1) is 0 Å². The summed E-state index contributed by atoms with van der Waals surface area (Å²) in [5.41, 5.74) is 3.06. The number of barbiturate groups is 1. The van der Waals surface area contributed by atoms with E-state index in [0.717, 1.165) is 28.4 Å². The maximum atomic E-state index is 12.8. The number of rotatable bonds is 3. The molecule has 3 rings (SSSR count). The third kappa shape index (κ3) is 2.84. The van der Waals surface area contributed by atoms with Gasteiger partial charge in [-0.3, -0.25) is 19.9 Å². The van der Waals surface area contributed by atoms with Crippen LogP contribution in [0.3, 0.4) is 0 Å². The summed E-state index contributed by atoms with van der Waals surface area (Å²) in [6.45, 7) is 6.72. The van der Waals surface area contributed by atoms with Crippen molar-refractivity contribution >= 4 is 29.6 Å². The zero-order chi connectivity index (χ0) is 18.1. The highest BCUT2D eigenvalue weighted by Crippen LogP contribution is 2.23. The Bertz CT molecular complexity index is 897. The Hall–Kier alpha value is -3.22. The molecule has 128 valence electrons. The Kier molecular flexibility index (Phi) is 4.22. The molecule has 1 saturated heterocycles. The van der Waals surface area contributed by atoms with Crippen molar-refractivity contribution in [3.63, 3.8) is 0 Å². The van der Waals surface area contributed by atoms with Gasteiger partial charge < -0.3 is 4.57 Å². The van der Waals surface area contributed by atoms with Gasteiger partial charge in [-0.25, -0.2) is 9.69 Å². The van der Waals surface area contributed by atoms with E-state index in [2.05, 4.69) is 14.9 Å². The molecule has 3 heterocycles. The number of nitrogens with one attached hydrogen (secondary N) is 1. The summed E-state index contributed by atoms with van der Waals surface area (Å²) in [5, 5.41) is 2.22. The molecule has 0 unspecified atom stereocenters. The number of nitrogens with zero attached hydrogens (tertiary/aromatic N) is 3. The molecule has 1 N–H and O–H groups in total. The van der Waals surface area contributed by atoms with Crippen molar-refractivity contribution in [1.29, 1.82) is 0 Å². The largest absolute Gasteiger partial charge is 0.349 e. The molecule has 0 radical (unpaired) electrons. The lowest BCUT2D eigenvalue weighted by molar-refractivity contribution is -0.122. The topological polar surface area (TPSA) is 84.3 Å². The average molecular weight is 338 g/mol. The third-order valence-corrected chi connectivity index (χ3v) is 4.25. The van der Waals surface area contributed by atoms with Crippen LogP contribution in [-0.4, -0.2) is 27.4 Å². The molecule has 4 amide bonds. The van der Waals surface area contributed by atoms with Gasteiger partial charge >= 0.3 is 6.03 Å². The van der Waals surface area contributed by atoms with Gasteiger partial charge in [0, 0.05) is 30.3 Å². The minimum absolute atomic E-state index is 0.0761. The summed E-state index contributed by atoms with van der Waals surface area (Å²) >= 11 is 0. The fourth-order valence-electron chi connectivity index (χ4n) is 3.00. The van der Waals surface area contributed by atoms with Gasteiger partial charge in [0.25, 0.3) is 11.8 Å². The van der Waals surface area contributed by atoms with E-state index in [1.807, 2.05) is 26.8 Å². The van der Waals surface area contributed by atoms with Crippen LogP contribution < -0.4 is 10.2 Å². The average Bonchev–Trinajstić information content (AvgIpc) is 2.85. The van der Waals surface area contributed by atoms with Crippen LogP contribution >= 0.6 is 0 Å². The van der Waals surface area contributed by atoms with Crippen molar-refractivity contribution in [3.8, 4) is 0 Å². The fraction of sp³-hybridized carbons (Fsp3) is 0.222. The van der Waals surface area contributed by atoms with Crippen molar-refractivity contribution in [2.75, 3.05) is 4.90 Å². The Morgan fingerprint density at radius 1 is 1.16 bits per heavy atom. The SMILES string of the molecule is CCn1c(C)cc(/C=C2\C(=O)NC(=O)N(c3ccncc3)C2=O)c1C. The van der Waals surface area contributed by atoms with E-state index in [-0.39, 0.29) is 5.57 Å². The monoisotopic (exact) mass is 338 g/mol.